The van der Waals surface area contributed by atoms with Crippen LogP contribution >= 0.6 is 11.6 Å². The highest BCUT2D eigenvalue weighted by Crippen LogP contribution is 2.38. The molecule has 0 saturated heterocycles. The molecule has 0 unspecified atom stereocenters. The van der Waals surface area contributed by atoms with Crippen molar-refractivity contribution in [1.29, 1.82) is 5.26 Å². The summed E-state index contributed by atoms with van der Waals surface area (Å²) in [7, 11) is 0. The number of nitrogens with zero attached hydrogens (tertiary/aromatic N) is 1. The minimum absolute atomic E-state index is 0.125. The molecular weight excluding hydrogens is 359 g/mol. The molecule has 0 fully saturated rings. The van der Waals surface area contributed by atoms with Crippen LogP contribution in [0.4, 0.5) is 10.1 Å². The van der Waals surface area contributed by atoms with Gasteiger partial charge in [-0.15, -0.1) is 0 Å². The van der Waals surface area contributed by atoms with E-state index in [1.165, 1.54) is 30.3 Å². The molecule has 0 aliphatic carbocycles. The largest absolute Gasteiger partial charge is 0.489 e. The molecule has 0 atom stereocenters. The van der Waals surface area contributed by atoms with Crippen LogP contribution in [0.25, 0.3) is 6.08 Å². The fourth-order valence-corrected chi connectivity index (χ4v) is 2.65. The van der Waals surface area contributed by atoms with E-state index in [0.717, 1.165) is 6.42 Å². The Morgan fingerprint density at radius 2 is 1.96 bits per heavy atom. The number of carbonyl (C=O) groups is 1. The topological polar surface area (TPSA) is 71.3 Å². The summed E-state index contributed by atoms with van der Waals surface area (Å²) in [6, 6.07) is 10.4. The lowest BCUT2D eigenvalue weighted by Gasteiger charge is -2.10. The quantitative estimate of drug-likeness (QED) is 0.648. The van der Waals surface area contributed by atoms with Crippen LogP contribution in [0.2, 0.25) is 5.02 Å². The third-order valence-electron chi connectivity index (χ3n) is 3.60. The fourth-order valence-electron chi connectivity index (χ4n) is 2.38. The van der Waals surface area contributed by atoms with Gasteiger partial charge in [0.05, 0.1) is 18.2 Å². The Kier molecular flexibility index (Phi) is 5.40. The summed E-state index contributed by atoms with van der Waals surface area (Å²) in [5.74, 6) is -0.101. The average molecular weight is 373 g/mol. The zero-order valence-corrected chi connectivity index (χ0v) is 14.3. The first-order chi connectivity index (χ1) is 12.6. The zero-order valence-electron chi connectivity index (χ0n) is 13.6. The molecule has 0 spiro atoms. The summed E-state index contributed by atoms with van der Waals surface area (Å²) >= 11 is 6.22. The lowest BCUT2D eigenvalue weighted by atomic mass is 10.1. The molecule has 1 amide bonds. The molecule has 5 nitrogen and oxygen atoms in total. The second-order valence-electron chi connectivity index (χ2n) is 5.51. The van der Waals surface area contributed by atoms with Gasteiger partial charge < -0.3 is 14.8 Å². The normalized spacial score (nSPS) is 13.5. The van der Waals surface area contributed by atoms with Gasteiger partial charge >= 0.3 is 0 Å². The Labute approximate surface area is 154 Å². The summed E-state index contributed by atoms with van der Waals surface area (Å²) in [5.41, 5.74) is 0.791. The highest BCUT2D eigenvalue weighted by Gasteiger charge is 2.16. The SMILES string of the molecule is N#C/C(=C\c1cc(Cl)c2c(c1)OCCCO2)C(=O)Nc1ccc(F)cc1. The number of anilines is 1. The first-order valence-corrected chi connectivity index (χ1v) is 8.22. The second-order valence-corrected chi connectivity index (χ2v) is 5.92. The highest BCUT2D eigenvalue weighted by molar-refractivity contribution is 6.32. The number of nitrogens with one attached hydrogen (secondary N) is 1. The number of hydrogen-bond donors (Lipinski definition) is 1. The summed E-state index contributed by atoms with van der Waals surface area (Å²) < 4.78 is 24.1. The van der Waals surface area contributed by atoms with Crippen LogP contribution in [0.1, 0.15) is 12.0 Å². The van der Waals surface area contributed by atoms with Gasteiger partial charge in [-0.1, -0.05) is 11.6 Å². The Hall–Kier alpha value is -3.04. The van der Waals surface area contributed by atoms with Gasteiger partial charge in [-0.05, 0) is 48.0 Å². The van der Waals surface area contributed by atoms with Crippen LogP contribution < -0.4 is 14.8 Å². The van der Waals surface area contributed by atoms with Crippen LogP contribution in [0, 0.1) is 17.1 Å². The summed E-state index contributed by atoms with van der Waals surface area (Å²) in [5, 5.41) is 12.2. The van der Waals surface area contributed by atoms with Crippen molar-refractivity contribution in [2.45, 2.75) is 6.42 Å². The third kappa shape index (κ3) is 4.13. The maximum absolute atomic E-state index is 12.9. The molecule has 1 aliphatic rings. The lowest BCUT2D eigenvalue weighted by Crippen LogP contribution is -2.13. The number of carbonyl (C=O) groups excluding carboxylic acids is 1. The molecule has 2 aromatic rings. The van der Waals surface area contributed by atoms with Crippen LogP contribution in [-0.2, 0) is 4.79 Å². The van der Waals surface area contributed by atoms with Gasteiger partial charge in [0.2, 0.25) is 0 Å². The van der Waals surface area contributed by atoms with E-state index in [2.05, 4.69) is 5.32 Å². The van der Waals surface area contributed by atoms with Gasteiger partial charge in [-0.25, -0.2) is 4.39 Å². The number of amides is 1. The maximum Gasteiger partial charge on any atom is 0.266 e. The van der Waals surface area contributed by atoms with E-state index < -0.39 is 11.7 Å². The van der Waals surface area contributed by atoms with Gasteiger partial charge in [-0.3, -0.25) is 4.79 Å². The van der Waals surface area contributed by atoms with Gasteiger partial charge in [0, 0.05) is 12.1 Å². The maximum atomic E-state index is 12.9. The van der Waals surface area contributed by atoms with Crippen molar-refractivity contribution >= 4 is 29.3 Å². The molecule has 26 heavy (non-hydrogen) atoms. The molecule has 1 N–H and O–H groups in total. The van der Waals surface area contributed by atoms with E-state index in [4.69, 9.17) is 21.1 Å². The van der Waals surface area contributed by atoms with E-state index in [-0.39, 0.29) is 5.57 Å². The minimum atomic E-state index is -0.609. The average Bonchev–Trinajstić information content (AvgIpc) is 2.87. The standard InChI is InChI=1S/C19H14ClFN2O3/c20-16-9-12(10-17-18(16)26-7-1-6-25-17)8-13(11-22)19(24)23-15-4-2-14(21)3-5-15/h2-5,8-10H,1,6-7H2,(H,23,24)/b13-8+. The smallest absolute Gasteiger partial charge is 0.266 e. The summed E-state index contributed by atoms with van der Waals surface area (Å²) in [6.07, 6.45) is 2.14. The summed E-state index contributed by atoms with van der Waals surface area (Å²) in [4.78, 5) is 12.3. The minimum Gasteiger partial charge on any atom is -0.489 e. The van der Waals surface area contributed by atoms with E-state index in [9.17, 15) is 14.4 Å². The Morgan fingerprint density at radius 1 is 1.23 bits per heavy atom. The number of halogens is 2. The fraction of sp³-hybridized carbons (Fsp3) is 0.158. The number of fused-ring (bicyclic) bond motifs is 1. The van der Waals surface area contributed by atoms with Crippen LogP contribution in [0.5, 0.6) is 11.5 Å². The van der Waals surface area contributed by atoms with Crippen molar-refractivity contribution in [3.8, 4) is 17.6 Å². The molecular formula is C19H14ClFN2O3. The Balaban J connectivity index is 1.85. The molecule has 0 radical (unpaired) electrons. The number of ether oxygens (including phenoxy) is 2. The van der Waals surface area contributed by atoms with E-state index in [1.807, 2.05) is 6.07 Å². The molecule has 1 heterocycles. The first-order valence-electron chi connectivity index (χ1n) is 7.84. The van der Waals surface area contributed by atoms with Crippen molar-refractivity contribution in [3.05, 3.63) is 58.4 Å². The molecule has 0 aromatic heterocycles. The van der Waals surface area contributed by atoms with Crippen molar-refractivity contribution < 1.29 is 18.7 Å². The first kappa shape index (κ1) is 17.8. The predicted octanol–water partition coefficient (Wildman–Crippen LogP) is 4.19. The number of hydrogen-bond acceptors (Lipinski definition) is 4. The third-order valence-corrected chi connectivity index (χ3v) is 3.88. The van der Waals surface area contributed by atoms with Crippen LogP contribution in [0.15, 0.2) is 42.0 Å². The van der Waals surface area contributed by atoms with Crippen molar-refractivity contribution in [2.75, 3.05) is 18.5 Å². The van der Waals surface area contributed by atoms with Gasteiger partial charge in [0.15, 0.2) is 11.5 Å². The molecule has 132 valence electrons. The Morgan fingerprint density at radius 3 is 2.69 bits per heavy atom. The van der Waals surface area contributed by atoms with Crippen molar-refractivity contribution in [1.82, 2.24) is 0 Å². The van der Waals surface area contributed by atoms with Gasteiger partial charge in [-0.2, -0.15) is 5.26 Å². The molecule has 1 aliphatic heterocycles. The molecule has 0 bridgehead atoms. The summed E-state index contributed by atoms with van der Waals surface area (Å²) in [6.45, 7) is 0.998. The lowest BCUT2D eigenvalue weighted by molar-refractivity contribution is -0.112. The van der Waals surface area contributed by atoms with Gasteiger partial charge in [0.25, 0.3) is 5.91 Å². The van der Waals surface area contributed by atoms with Crippen LogP contribution in [-0.4, -0.2) is 19.1 Å². The molecule has 7 heteroatoms. The van der Waals surface area contributed by atoms with E-state index in [1.54, 1.807) is 12.1 Å². The highest BCUT2D eigenvalue weighted by atomic mass is 35.5. The molecule has 2 aromatic carbocycles. The van der Waals surface area contributed by atoms with Gasteiger partial charge in [0.1, 0.15) is 17.5 Å². The number of nitriles is 1. The monoisotopic (exact) mass is 372 g/mol. The zero-order chi connectivity index (χ0) is 18.5. The molecule has 3 rings (SSSR count). The predicted molar refractivity (Wildman–Crippen MR) is 95.7 cm³/mol. The van der Waals surface area contributed by atoms with Crippen molar-refractivity contribution in [2.24, 2.45) is 0 Å². The number of benzene rings is 2. The number of rotatable bonds is 3. The Bertz CT molecular complexity index is 904. The van der Waals surface area contributed by atoms with Crippen LogP contribution in [0.3, 0.4) is 0 Å². The van der Waals surface area contributed by atoms with E-state index >= 15 is 0 Å². The van der Waals surface area contributed by atoms with E-state index in [0.29, 0.717) is 41.0 Å². The van der Waals surface area contributed by atoms with Crippen molar-refractivity contribution in [3.63, 3.8) is 0 Å². The molecule has 0 saturated carbocycles. The second kappa shape index (κ2) is 7.89.